The van der Waals surface area contributed by atoms with Crippen LogP contribution in [0.15, 0.2) is 35.4 Å². The molecule has 1 aliphatic rings. The third kappa shape index (κ3) is 2.33. The number of nitrogens with one attached hydrogen (secondary N) is 1. The maximum absolute atomic E-state index is 13.0. The molecule has 0 spiro atoms. The van der Waals surface area contributed by atoms with Crippen LogP contribution in [-0.2, 0) is 0 Å². The molecule has 2 atom stereocenters. The summed E-state index contributed by atoms with van der Waals surface area (Å²) in [5.74, 6) is -0.204. The predicted molar refractivity (Wildman–Crippen MR) is 61.6 cm³/mol. The van der Waals surface area contributed by atoms with Crippen LogP contribution in [0.3, 0.4) is 0 Å². The minimum atomic E-state index is -0.204. The molecule has 3 N–H and O–H groups in total. The summed E-state index contributed by atoms with van der Waals surface area (Å²) >= 11 is 1.64. The first-order valence-electron chi connectivity index (χ1n) is 4.80. The van der Waals surface area contributed by atoms with Crippen molar-refractivity contribution in [3.05, 3.63) is 46.8 Å². The molecule has 1 aliphatic heterocycles. The van der Waals surface area contributed by atoms with Crippen LogP contribution in [0.5, 0.6) is 0 Å². The fourth-order valence-corrected chi connectivity index (χ4v) is 2.48. The van der Waals surface area contributed by atoms with E-state index >= 15 is 0 Å². The van der Waals surface area contributed by atoms with Gasteiger partial charge in [0.2, 0.25) is 0 Å². The lowest BCUT2D eigenvalue weighted by molar-refractivity contribution is 0.624. The van der Waals surface area contributed by atoms with Crippen LogP contribution in [0.1, 0.15) is 17.9 Å². The molecule has 1 heterocycles. The second-order valence-corrected chi connectivity index (χ2v) is 4.73. The largest absolute Gasteiger partial charge is 0.375 e. The number of benzene rings is 1. The van der Waals surface area contributed by atoms with E-state index in [1.165, 1.54) is 6.07 Å². The van der Waals surface area contributed by atoms with Crippen LogP contribution < -0.4 is 11.1 Å². The smallest absolute Gasteiger partial charge is 0.123 e. The molecule has 4 heteroatoms. The van der Waals surface area contributed by atoms with Gasteiger partial charge in [-0.1, -0.05) is 23.9 Å². The van der Waals surface area contributed by atoms with Gasteiger partial charge in [0.05, 0.1) is 0 Å². The predicted octanol–water partition coefficient (Wildman–Crippen LogP) is 2.35. The molecule has 0 bridgehead atoms. The first-order chi connectivity index (χ1) is 7.16. The first-order valence-corrected chi connectivity index (χ1v) is 5.68. The Labute approximate surface area is 92.7 Å². The third-order valence-electron chi connectivity index (χ3n) is 2.23. The molecule has 0 saturated heterocycles. The highest BCUT2D eigenvalue weighted by molar-refractivity contribution is 8.03. The van der Waals surface area contributed by atoms with E-state index in [1.807, 2.05) is 19.2 Å². The van der Waals surface area contributed by atoms with Crippen molar-refractivity contribution >= 4 is 11.8 Å². The van der Waals surface area contributed by atoms with E-state index in [1.54, 1.807) is 23.9 Å². The number of hydrogen-bond acceptors (Lipinski definition) is 3. The molecule has 0 saturated carbocycles. The van der Waals surface area contributed by atoms with Gasteiger partial charge >= 0.3 is 0 Å². The molecular weight excluding hydrogens is 211 g/mol. The highest BCUT2D eigenvalue weighted by Gasteiger charge is 2.21. The Bertz CT molecular complexity index is 390. The summed E-state index contributed by atoms with van der Waals surface area (Å²) in [6.45, 7) is 1.94. The van der Waals surface area contributed by atoms with Gasteiger partial charge in [-0.15, -0.1) is 0 Å². The lowest BCUT2D eigenvalue weighted by Crippen LogP contribution is -2.14. The van der Waals surface area contributed by atoms with Crippen LogP contribution in [0.2, 0.25) is 0 Å². The molecule has 0 radical (unpaired) electrons. The Morgan fingerprint density at radius 2 is 2.33 bits per heavy atom. The van der Waals surface area contributed by atoms with E-state index in [0.717, 1.165) is 10.5 Å². The molecule has 0 aromatic heterocycles. The van der Waals surface area contributed by atoms with Crippen molar-refractivity contribution in [3.8, 4) is 0 Å². The normalized spacial score (nSPS) is 22.1. The van der Waals surface area contributed by atoms with Crippen LogP contribution in [0.4, 0.5) is 4.39 Å². The highest BCUT2D eigenvalue weighted by atomic mass is 32.2. The Balaban J connectivity index is 2.10. The van der Waals surface area contributed by atoms with E-state index in [0.29, 0.717) is 0 Å². The maximum atomic E-state index is 13.0. The summed E-state index contributed by atoms with van der Waals surface area (Å²) in [4.78, 5) is 1.10. The summed E-state index contributed by atoms with van der Waals surface area (Å²) in [5.41, 5.74) is 6.70. The summed E-state index contributed by atoms with van der Waals surface area (Å²) in [5, 5.41) is 3.27. The average molecular weight is 224 g/mol. The number of hydrogen-bond donors (Lipinski definition) is 2. The van der Waals surface area contributed by atoms with Gasteiger partial charge in [-0.3, -0.25) is 0 Å². The van der Waals surface area contributed by atoms with Crippen molar-refractivity contribution in [1.82, 2.24) is 5.32 Å². The molecule has 2 rings (SSSR count). The van der Waals surface area contributed by atoms with Gasteiger partial charge in [-0.2, -0.15) is 0 Å². The minimum Gasteiger partial charge on any atom is -0.375 e. The summed E-state index contributed by atoms with van der Waals surface area (Å²) < 4.78 is 13.0. The van der Waals surface area contributed by atoms with Crippen molar-refractivity contribution in [3.63, 3.8) is 0 Å². The third-order valence-corrected chi connectivity index (χ3v) is 3.64. The van der Waals surface area contributed by atoms with E-state index in [9.17, 15) is 4.39 Å². The quantitative estimate of drug-likeness (QED) is 0.810. The van der Waals surface area contributed by atoms with Crippen LogP contribution in [0, 0.1) is 5.82 Å². The second kappa shape index (κ2) is 4.24. The van der Waals surface area contributed by atoms with Crippen molar-refractivity contribution in [1.29, 1.82) is 0 Å². The molecule has 0 aliphatic carbocycles. The topological polar surface area (TPSA) is 38.0 Å². The van der Waals surface area contributed by atoms with Gasteiger partial charge in [-0.25, -0.2) is 4.39 Å². The van der Waals surface area contributed by atoms with Crippen molar-refractivity contribution < 1.29 is 4.39 Å². The Kier molecular flexibility index (Phi) is 2.98. The zero-order valence-electron chi connectivity index (χ0n) is 8.41. The van der Waals surface area contributed by atoms with Crippen molar-refractivity contribution in [2.75, 3.05) is 0 Å². The minimum absolute atomic E-state index is 0.0288. The fraction of sp³-hybridized carbons (Fsp3) is 0.273. The molecule has 1 aromatic carbocycles. The number of thioether (sulfide) groups is 1. The van der Waals surface area contributed by atoms with E-state index in [-0.39, 0.29) is 17.2 Å². The molecular formula is C11H13FN2S. The maximum Gasteiger partial charge on any atom is 0.123 e. The van der Waals surface area contributed by atoms with Gasteiger partial charge in [-0.05, 0) is 24.6 Å². The molecule has 80 valence electrons. The molecule has 0 amide bonds. The number of halogens is 1. The summed E-state index contributed by atoms with van der Waals surface area (Å²) in [6, 6.07) is 6.65. The van der Waals surface area contributed by atoms with Gasteiger partial charge in [0.1, 0.15) is 11.2 Å². The number of rotatable bonds is 2. The zero-order chi connectivity index (χ0) is 10.8. The zero-order valence-corrected chi connectivity index (χ0v) is 9.22. The SMILES string of the molecule is CC(N)C1=CNC(c2cccc(F)c2)S1. The summed E-state index contributed by atoms with van der Waals surface area (Å²) in [7, 11) is 0. The van der Waals surface area contributed by atoms with E-state index < -0.39 is 0 Å². The Hall–Kier alpha value is -1.00. The van der Waals surface area contributed by atoms with E-state index in [2.05, 4.69) is 5.32 Å². The number of nitrogens with two attached hydrogens (primary N) is 1. The van der Waals surface area contributed by atoms with Crippen molar-refractivity contribution in [2.45, 2.75) is 18.3 Å². The molecule has 0 fully saturated rings. The molecule has 1 aromatic rings. The van der Waals surface area contributed by atoms with Crippen LogP contribution in [-0.4, -0.2) is 6.04 Å². The lowest BCUT2D eigenvalue weighted by Gasteiger charge is -2.12. The highest BCUT2D eigenvalue weighted by Crippen LogP contribution is 2.37. The lowest BCUT2D eigenvalue weighted by atomic mass is 10.2. The molecule has 2 nitrogen and oxygen atoms in total. The first kappa shape index (κ1) is 10.5. The standard InChI is InChI=1S/C11H13FN2S/c1-7(13)10-6-14-11(15-10)8-3-2-4-9(12)5-8/h2-7,11,14H,13H2,1H3. The van der Waals surface area contributed by atoms with Crippen LogP contribution >= 0.6 is 11.8 Å². The molecule has 15 heavy (non-hydrogen) atoms. The Morgan fingerprint density at radius 1 is 1.53 bits per heavy atom. The van der Waals surface area contributed by atoms with Gasteiger partial charge in [0.15, 0.2) is 0 Å². The second-order valence-electron chi connectivity index (χ2n) is 3.55. The van der Waals surface area contributed by atoms with Gasteiger partial charge in [0.25, 0.3) is 0 Å². The summed E-state index contributed by atoms with van der Waals surface area (Å²) in [6.07, 6.45) is 1.91. The fourth-order valence-electron chi connectivity index (χ4n) is 1.43. The Morgan fingerprint density at radius 3 is 2.93 bits per heavy atom. The van der Waals surface area contributed by atoms with Gasteiger partial charge < -0.3 is 11.1 Å². The van der Waals surface area contributed by atoms with Crippen molar-refractivity contribution in [2.24, 2.45) is 5.73 Å². The van der Waals surface area contributed by atoms with Gasteiger partial charge in [0, 0.05) is 17.1 Å². The monoisotopic (exact) mass is 224 g/mol. The molecule has 2 unspecified atom stereocenters. The van der Waals surface area contributed by atoms with E-state index in [4.69, 9.17) is 5.73 Å². The van der Waals surface area contributed by atoms with Crippen LogP contribution in [0.25, 0.3) is 0 Å². The average Bonchev–Trinajstić information content (AvgIpc) is 2.66.